The number of ether oxygens (including phenoxy) is 2. The first kappa shape index (κ1) is 21.5. The van der Waals surface area contributed by atoms with Crippen molar-refractivity contribution in [3.8, 4) is 17.2 Å². The summed E-state index contributed by atoms with van der Waals surface area (Å²) >= 11 is 0. The average molecular weight is 469 g/mol. The van der Waals surface area contributed by atoms with Crippen molar-refractivity contribution in [3.05, 3.63) is 65.5 Å². The largest absolute Gasteiger partial charge is 0.486 e. The first-order chi connectivity index (χ1) is 15.9. The Morgan fingerprint density at radius 3 is 2.52 bits per heavy atom. The summed E-state index contributed by atoms with van der Waals surface area (Å²) in [4.78, 5) is 13.1. The molecule has 2 aliphatic rings. The number of fused-ring (bicyclic) bond motifs is 1. The summed E-state index contributed by atoms with van der Waals surface area (Å²) in [5.74, 6) is 0.509. The van der Waals surface area contributed by atoms with E-state index in [-0.39, 0.29) is 23.9 Å². The van der Waals surface area contributed by atoms with E-state index in [1.807, 2.05) is 37.3 Å². The van der Waals surface area contributed by atoms with Crippen molar-refractivity contribution in [1.29, 1.82) is 0 Å². The third kappa shape index (κ3) is 3.65. The zero-order valence-corrected chi connectivity index (χ0v) is 19.1. The van der Waals surface area contributed by atoms with Gasteiger partial charge >= 0.3 is 0 Å². The SMILES string of the molecule is Cc1nn(-c2ccccc2)c(C)c1C1C(=O)NCCN1S(=O)(=O)c1ccc2c(c1)OCCO2. The molecule has 0 bridgehead atoms. The van der Waals surface area contributed by atoms with Gasteiger partial charge in [-0.15, -0.1) is 0 Å². The Morgan fingerprint density at radius 2 is 1.76 bits per heavy atom. The Bertz CT molecular complexity index is 1320. The molecule has 1 amide bonds. The molecule has 0 saturated carbocycles. The van der Waals surface area contributed by atoms with E-state index in [2.05, 4.69) is 10.4 Å². The van der Waals surface area contributed by atoms with Crippen LogP contribution in [0.5, 0.6) is 11.5 Å². The molecule has 5 rings (SSSR count). The molecular formula is C23H24N4O5S. The van der Waals surface area contributed by atoms with Crippen LogP contribution in [-0.2, 0) is 14.8 Å². The number of aryl methyl sites for hydroxylation is 1. The lowest BCUT2D eigenvalue weighted by Gasteiger charge is -2.34. The van der Waals surface area contributed by atoms with E-state index in [9.17, 15) is 13.2 Å². The van der Waals surface area contributed by atoms with Gasteiger partial charge in [-0.25, -0.2) is 13.1 Å². The maximum Gasteiger partial charge on any atom is 0.244 e. The first-order valence-electron chi connectivity index (χ1n) is 10.7. The second-order valence-corrected chi connectivity index (χ2v) is 9.84. The number of amides is 1. The molecular weight excluding hydrogens is 444 g/mol. The van der Waals surface area contributed by atoms with Crippen LogP contribution in [0.15, 0.2) is 53.4 Å². The number of hydrogen-bond donors (Lipinski definition) is 1. The topological polar surface area (TPSA) is 103 Å². The summed E-state index contributed by atoms with van der Waals surface area (Å²) in [5, 5.41) is 7.43. The van der Waals surface area contributed by atoms with Gasteiger partial charge in [0, 0.05) is 30.4 Å². The highest BCUT2D eigenvalue weighted by molar-refractivity contribution is 7.89. The lowest BCUT2D eigenvalue weighted by Crippen LogP contribution is -2.52. The fourth-order valence-electron chi connectivity index (χ4n) is 4.37. The van der Waals surface area contributed by atoms with Gasteiger partial charge in [-0.05, 0) is 38.1 Å². The summed E-state index contributed by atoms with van der Waals surface area (Å²) in [6.07, 6.45) is 0. The minimum Gasteiger partial charge on any atom is -0.486 e. The van der Waals surface area contributed by atoms with E-state index < -0.39 is 16.1 Å². The Kier molecular flexibility index (Phi) is 5.34. The zero-order valence-electron chi connectivity index (χ0n) is 18.3. The molecule has 0 aliphatic carbocycles. The summed E-state index contributed by atoms with van der Waals surface area (Å²) in [7, 11) is -4.01. The van der Waals surface area contributed by atoms with Crippen LogP contribution in [0.3, 0.4) is 0 Å². The zero-order chi connectivity index (χ0) is 23.2. The van der Waals surface area contributed by atoms with Crippen molar-refractivity contribution in [3.63, 3.8) is 0 Å². The maximum absolute atomic E-state index is 13.7. The molecule has 10 heteroatoms. The molecule has 1 saturated heterocycles. The number of piperazine rings is 1. The van der Waals surface area contributed by atoms with E-state index in [4.69, 9.17) is 9.47 Å². The van der Waals surface area contributed by atoms with Gasteiger partial charge < -0.3 is 14.8 Å². The molecule has 3 heterocycles. The van der Waals surface area contributed by atoms with E-state index >= 15 is 0 Å². The number of nitrogens with one attached hydrogen (secondary N) is 1. The maximum atomic E-state index is 13.7. The Hall–Kier alpha value is -3.37. The normalized spacial score (nSPS) is 18.7. The average Bonchev–Trinajstić information content (AvgIpc) is 3.12. The number of rotatable bonds is 4. The second kappa shape index (κ2) is 8.20. The molecule has 9 nitrogen and oxygen atoms in total. The number of carbonyl (C=O) groups is 1. The molecule has 0 spiro atoms. The molecule has 172 valence electrons. The fraction of sp³-hybridized carbons (Fsp3) is 0.304. The molecule has 1 fully saturated rings. The summed E-state index contributed by atoms with van der Waals surface area (Å²) in [6.45, 7) is 4.77. The van der Waals surface area contributed by atoms with Crippen LogP contribution in [-0.4, -0.2) is 54.7 Å². The Balaban J connectivity index is 1.59. The van der Waals surface area contributed by atoms with Crippen molar-refractivity contribution in [2.24, 2.45) is 0 Å². The lowest BCUT2D eigenvalue weighted by atomic mass is 10.0. The quantitative estimate of drug-likeness (QED) is 0.629. The van der Waals surface area contributed by atoms with Gasteiger partial charge in [-0.2, -0.15) is 9.40 Å². The van der Waals surface area contributed by atoms with Gasteiger partial charge in [0.15, 0.2) is 11.5 Å². The number of hydrogen-bond acceptors (Lipinski definition) is 6. The van der Waals surface area contributed by atoms with Gasteiger partial charge in [-0.1, -0.05) is 18.2 Å². The number of aromatic nitrogens is 2. The van der Waals surface area contributed by atoms with E-state index in [0.717, 1.165) is 5.69 Å². The minimum atomic E-state index is -4.01. The van der Waals surface area contributed by atoms with E-state index in [1.165, 1.54) is 16.4 Å². The number of nitrogens with zero attached hydrogens (tertiary/aromatic N) is 3. The van der Waals surface area contributed by atoms with Crippen molar-refractivity contribution in [2.75, 3.05) is 26.3 Å². The Morgan fingerprint density at radius 1 is 1.03 bits per heavy atom. The molecule has 2 aromatic carbocycles. The lowest BCUT2D eigenvalue weighted by molar-refractivity contribution is -0.127. The smallest absolute Gasteiger partial charge is 0.244 e. The molecule has 1 N–H and O–H groups in total. The standard InChI is InChI=1S/C23H24N4O5S/c1-15-21(16(2)27(25-15)17-6-4-3-5-7-17)22-23(28)24-10-11-26(22)33(29,30)18-8-9-19-20(14-18)32-13-12-31-19/h3-9,14,22H,10-13H2,1-2H3,(H,24,28). The minimum absolute atomic E-state index is 0.0530. The summed E-state index contributed by atoms with van der Waals surface area (Å²) in [5.41, 5.74) is 2.72. The van der Waals surface area contributed by atoms with Crippen molar-refractivity contribution in [1.82, 2.24) is 19.4 Å². The van der Waals surface area contributed by atoms with Gasteiger partial charge in [-0.3, -0.25) is 4.79 Å². The van der Waals surface area contributed by atoms with Crippen LogP contribution in [0, 0.1) is 13.8 Å². The predicted molar refractivity (Wildman–Crippen MR) is 120 cm³/mol. The van der Waals surface area contributed by atoms with Crippen molar-refractivity contribution < 1.29 is 22.7 Å². The molecule has 2 aliphatic heterocycles. The highest BCUT2D eigenvalue weighted by atomic mass is 32.2. The third-order valence-corrected chi connectivity index (χ3v) is 7.77. The van der Waals surface area contributed by atoms with Crippen LogP contribution in [0.1, 0.15) is 23.0 Å². The summed E-state index contributed by atoms with van der Waals surface area (Å²) in [6, 6.07) is 13.0. The van der Waals surface area contributed by atoms with E-state index in [1.54, 1.807) is 17.7 Å². The van der Waals surface area contributed by atoms with Crippen LogP contribution >= 0.6 is 0 Å². The van der Waals surface area contributed by atoms with Crippen molar-refractivity contribution >= 4 is 15.9 Å². The highest BCUT2D eigenvalue weighted by Crippen LogP contribution is 2.37. The molecule has 0 radical (unpaired) electrons. The number of sulfonamides is 1. The van der Waals surface area contributed by atoms with Crippen LogP contribution in [0.2, 0.25) is 0 Å². The molecule has 1 aromatic heterocycles. The predicted octanol–water partition coefficient (Wildman–Crippen LogP) is 2.12. The molecule has 3 aromatic rings. The number of carbonyl (C=O) groups excluding carboxylic acids is 1. The highest BCUT2D eigenvalue weighted by Gasteiger charge is 2.42. The Labute approximate surface area is 192 Å². The van der Waals surface area contributed by atoms with Crippen LogP contribution < -0.4 is 14.8 Å². The molecule has 33 heavy (non-hydrogen) atoms. The van der Waals surface area contributed by atoms with Crippen LogP contribution in [0.25, 0.3) is 5.69 Å². The second-order valence-electron chi connectivity index (χ2n) is 7.95. The molecule has 1 atom stereocenters. The monoisotopic (exact) mass is 468 g/mol. The molecule has 1 unspecified atom stereocenters. The van der Waals surface area contributed by atoms with Crippen molar-refractivity contribution in [2.45, 2.75) is 24.8 Å². The van der Waals surface area contributed by atoms with E-state index in [0.29, 0.717) is 41.7 Å². The van der Waals surface area contributed by atoms with Crippen LogP contribution in [0.4, 0.5) is 0 Å². The van der Waals surface area contributed by atoms with Gasteiger partial charge in [0.05, 0.1) is 16.3 Å². The van der Waals surface area contributed by atoms with Gasteiger partial charge in [0.1, 0.15) is 19.3 Å². The van der Waals surface area contributed by atoms with Gasteiger partial charge in [0.25, 0.3) is 0 Å². The summed E-state index contributed by atoms with van der Waals surface area (Å²) < 4.78 is 41.5. The number of para-hydroxylation sites is 1. The fourth-order valence-corrected chi connectivity index (χ4v) is 5.95. The first-order valence-corrected chi connectivity index (χ1v) is 12.1. The third-order valence-electron chi connectivity index (χ3n) is 5.91. The van der Waals surface area contributed by atoms with Gasteiger partial charge in [0.2, 0.25) is 15.9 Å². The number of benzene rings is 2.